The first-order valence-corrected chi connectivity index (χ1v) is 4.80. The van der Waals surface area contributed by atoms with Crippen LogP contribution in [0.25, 0.3) is 0 Å². The van der Waals surface area contributed by atoms with Gasteiger partial charge in [0, 0.05) is 18.2 Å². The van der Waals surface area contributed by atoms with E-state index in [2.05, 4.69) is 5.32 Å². The number of nitro benzene ring substituents is 1. The summed E-state index contributed by atoms with van der Waals surface area (Å²) in [5.74, 6) is 0. The third kappa shape index (κ3) is 3.56. The Bertz CT molecular complexity index is 392. The lowest BCUT2D eigenvalue weighted by Crippen LogP contribution is -2.22. The number of amides is 1. The molecule has 1 amide bonds. The number of nitrogens with zero attached hydrogens (tertiary/aromatic N) is 1. The van der Waals surface area contributed by atoms with Gasteiger partial charge in [-0.1, -0.05) is 18.2 Å². The van der Waals surface area contributed by atoms with Gasteiger partial charge in [-0.15, -0.1) is 0 Å². The Labute approximate surface area is 92.0 Å². The van der Waals surface area contributed by atoms with Crippen molar-refractivity contribution in [2.45, 2.75) is 12.8 Å². The van der Waals surface area contributed by atoms with Crippen LogP contribution in [0.4, 0.5) is 10.5 Å². The lowest BCUT2D eigenvalue weighted by molar-refractivity contribution is -0.385. The zero-order valence-corrected chi connectivity index (χ0v) is 8.55. The van der Waals surface area contributed by atoms with Crippen LogP contribution in [-0.4, -0.2) is 22.7 Å². The lowest BCUT2D eigenvalue weighted by Gasteiger charge is -2.02. The molecule has 0 fully saturated rings. The largest absolute Gasteiger partial charge is 0.465 e. The van der Waals surface area contributed by atoms with E-state index in [1.54, 1.807) is 18.2 Å². The second kappa shape index (κ2) is 5.69. The predicted octanol–water partition coefficient (Wildman–Crippen LogP) is 1.79. The fourth-order valence-electron chi connectivity index (χ4n) is 1.37. The van der Waals surface area contributed by atoms with Gasteiger partial charge in [-0.05, 0) is 12.8 Å². The molecule has 6 heteroatoms. The Balaban J connectivity index is 2.53. The van der Waals surface area contributed by atoms with Crippen LogP contribution in [0.5, 0.6) is 0 Å². The van der Waals surface area contributed by atoms with Gasteiger partial charge in [0.15, 0.2) is 0 Å². The number of hydrogen-bond acceptors (Lipinski definition) is 3. The summed E-state index contributed by atoms with van der Waals surface area (Å²) in [5, 5.41) is 21.2. The van der Waals surface area contributed by atoms with E-state index < -0.39 is 11.0 Å². The molecule has 0 aliphatic heterocycles. The molecule has 86 valence electrons. The number of aryl methyl sites for hydroxylation is 1. The zero-order valence-electron chi connectivity index (χ0n) is 8.55. The molecule has 0 unspecified atom stereocenters. The molecule has 0 bridgehead atoms. The topological polar surface area (TPSA) is 92.5 Å². The number of carbonyl (C=O) groups is 1. The maximum atomic E-state index is 10.7. The van der Waals surface area contributed by atoms with Crippen molar-refractivity contribution in [3.63, 3.8) is 0 Å². The van der Waals surface area contributed by atoms with Gasteiger partial charge in [0.25, 0.3) is 5.69 Å². The lowest BCUT2D eigenvalue weighted by atomic mass is 10.1. The van der Waals surface area contributed by atoms with Gasteiger partial charge in [0.05, 0.1) is 4.92 Å². The van der Waals surface area contributed by atoms with E-state index in [0.29, 0.717) is 24.9 Å². The van der Waals surface area contributed by atoms with Crippen molar-refractivity contribution in [1.29, 1.82) is 0 Å². The number of rotatable bonds is 5. The molecule has 0 atom stereocenters. The summed E-state index contributed by atoms with van der Waals surface area (Å²) in [6.45, 7) is 0.293. The van der Waals surface area contributed by atoms with Gasteiger partial charge in [-0.25, -0.2) is 4.79 Å². The Morgan fingerprint density at radius 1 is 1.44 bits per heavy atom. The third-order valence-corrected chi connectivity index (χ3v) is 2.09. The van der Waals surface area contributed by atoms with Crippen LogP contribution >= 0.6 is 0 Å². The zero-order chi connectivity index (χ0) is 12.0. The minimum Gasteiger partial charge on any atom is -0.465 e. The molecule has 0 aliphatic rings. The monoisotopic (exact) mass is 224 g/mol. The van der Waals surface area contributed by atoms with Gasteiger partial charge in [-0.3, -0.25) is 10.1 Å². The van der Waals surface area contributed by atoms with Gasteiger partial charge < -0.3 is 10.4 Å². The number of para-hydroxylation sites is 1. The second-order valence-electron chi connectivity index (χ2n) is 3.22. The van der Waals surface area contributed by atoms with Crippen molar-refractivity contribution in [1.82, 2.24) is 5.32 Å². The van der Waals surface area contributed by atoms with Crippen LogP contribution in [0.2, 0.25) is 0 Å². The molecule has 0 saturated heterocycles. The van der Waals surface area contributed by atoms with E-state index in [-0.39, 0.29) is 5.69 Å². The molecule has 0 aliphatic carbocycles. The first kappa shape index (κ1) is 12.0. The Morgan fingerprint density at radius 2 is 2.12 bits per heavy atom. The molecule has 1 aromatic rings. The number of nitro groups is 1. The first-order valence-electron chi connectivity index (χ1n) is 4.80. The standard InChI is InChI=1S/C10H12N2O4/c13-10(14)11-7-3-5-8-4-1-2-6-9(8)12(15)16/h1-2,4,6,11H,3,5,7H2,(H,13,14). The number of benzene rings is 1. The van der Waals surface area contributed by atoms with Crippen molar-refractivity contribution in [3.8, 4) is 0 Å². The molecule has 2 N–H and O–H groups in total. The molecular formula is C10H12N2O4. The Hall–Kier alpha value is -2.11. The number of nitrogens with one attached hydrogen (secondary N) is 1. The normalized spacial score (nSPS) is 9.75. The Kier molecular flexibility index (Phi) is 4.26. The van der Waals surface area contributed by atoms with Crippen LogP contribution in [0, 0.1) is 10.1 Å². The highest BCUT2D eigenvalue weighted by Crippen LogP contribution is 2.18. The summed E-state index contributed by atoms with van der Waals surface area (Å²) < 4.78 is 0. The SMILES string of the molecule is O=C(O)NCCCc1ccccc1[N+](=O)[O-]. The summed E-state index contributed by atoms with van der Waals surface area (Å²) in [6.07, 6.45) is -0.0586. The highest BCUT2D eigenvalue weighted by atomic mass is 16.6. The number of hydrogen-bond donors (Lipinski definition) is 2. The smallest absolute Gasteiger partial charge is 0.404 e. The summed E-state index contributed by atoms with van der Waals surface area (Å²) >= 11 is 0. The van der Waals surface area contributed by atoms with Crippen LogP contribution in [0.3, 0.4) is 0 Å². The fourth-order valence-corrected chi connectivity index (χ4v) is 1.37. The van der Waals surface area contributed by atoms with E-state index in [1.165, 1.54) is 6.07 Å². The van der Waals surface area contributed by atoms with Crippen molar-refractivity contribution < 1.29 is 14.8 Å². The molecule has 0 saturated carbocycles. The van der Waals surface area contributed by atoms with E-state index in [1.807, 2.05) is 0 Å². The molecule has 1 rings (SSSR count). The average Bonchev–Trinajstić information content (AvgIpc) is 2.24. The van der Waals surface area contributed by atoms with Crippen LogP contribution < -0.4 is 5.32 Å². The van der Waals surface area contributed by atoms with Crippen LogP contribution in [-0.2, 0) is 6.42 Å². The van der Waals surface area contributed by atoms with Gasteiger partial charge in [0.1, 0.15) is 0 Å². The van der Waals surface area contributed by atoms with E-state index in [0.717, 1.165) is 0 Å². The van der Waals surface area contributed by atoms with Gasteiger partial charge in [0.2, 0.25) is 0 Å². The number of carboxylic acid groups (broad SMARTS) is 1. The highest BCUT2D eigenvalue weighted by Gasteiger charge is 2.11. The van der Waals surface area contributed by atoms with Crippen molar-refractivity contribution in [2.24, 2.45) is 0 Å². The Morgan fingerprint density at radius 3 is 2.75 bits per heavy atom. The minimum absolute atomic E-state index is 0.0813. The van der Waals surface area contributed by atoms with E-state index in [4.69, 9.17) is 5.11 Å². The molecule has 0 radical (unpaired) electrons. The second-order valence-corrected chi connectivity index (χ2v) is 3.22. The molecule has 1 aromatic carbocycles. The van der Waals surface area contributed by atoms with Crippen LogP contribution in [0.1, 0.15) is 12.0 Å². The van der Waals surface area contributed by atoms with Gasteiger partial charge in [-0.2, -0.15) is 0 Å². The maximum Gasteiger partial charge on any atom is 0.404 e. The summed E-state index contributed by atoms with van der Waals surface area (Å²) in [6, 6.07) is 6.46. The van der Waals surface area contributed by atoms with E-state index >= 15 is 0 Å². The molecular weight excluding hydrogens is 212 g/mol. The third-order valence-electron chi connectivity index (χ3n) is 2.09. The molecule has 0 spiro atoms. The molecule has 0 aromatic heterocycles. The fraction of sp³-hybridized carbons (Fsp3) is 0.300. The minimum atomic E-state index is -1.08. The summed E-state index contributed by atoms with van der Waals surface area (Å²) in [4.78, 5) is 20.4. The van der Waals surface area contributed by atoms with Crippen molar-refractivity contribution in [2.75, 3.05) is 6.54 Å². The summed E-state index contributed by atoms with van der Waals surface area (Å²) in [7, 11) is 0. The van der Waals surface area contributed by atoms with Gasteiger partial charge >= 0.3 is 6.09 Å². The predicted molar refractivity (Wildman–Crippen MR) is 57.4 cm³/mol. The highest BCUT2D eigenvalue weighted by molar-refractivity contribution is 5.64. The molecule has 0 heterocycles. The average molecular weight is 224 g/mol. The van der Waals surface area contributed by atoms with Crippen molar-refractivity contribution >= 4 is 11.8 Å². The quantitative estimate of drug-likeness (QED) is 0.453. The molecule has 6 nitrogen and oxygen atoms in total. The van der Waals surface area contributed by atoms with Crippen molar-refractivity contribution in [3.05, 3.63) is 39.9 Å². The first-order chi connectivity index (χ1) is 7.61. The molecule has 16 heavy (non-hydrogen) atoms. The summed E-state index contributed by atoms with van der Waals surface area (Å²) in [5.41, 5.74) is 0.706. The maximum absolute atomic E-state index is 10.7. The van der Waals surface area contributed by atoms with Crippen LogP contribution in [0.15, 0.2) is 24.3 Å². The van der Waals surface area contributed by atoms with E-state index in [9.17, 15) is 14.9 Å².